The van der Waals surface area contributed by atoms with Crippen molar-refractivity contribution in [1.29, 1.82) is 0 Å². The molecule has 0 bridgehead atoms. The van der Waals surface area contributed by atoms with Crippen LogP contribution in [0.5, 0.6) is 0 Å². The third-order valence-corrected chi connectivity index (χ3v) is 1.83. The largest absolute Gasteiger partial charge is 0.317 e. The van der Waals surface area contributed by atoms with Crippen LogP contribution in [0.1, 0.15) is 27.2 Å². The third kappa shape index (κ3) is 3.04. The Morgan fingerprint density at radius 2 is 2.18 bits per heavy atom. The van der Waals surface area contributed by atoms with E-state index in [1.807, 2.05) is 0 Å². The Kier molecular flexibility index (Phi) is 2.35. The SMILES string of the molecule is CC(C)(C)CC1=CC1CNO. The highest BCUT2D eigenvalue weighted by Crippen LogP contribution is 2.38. The van der Waals surface area contributed by atoms with Crippen molar-refractivity contribution in [3.63, 3.8) is 0 Å². The summed E-state index contributed by atoms with van der Waals surface area (Å²) in [5.41, 5.74) is 4.06. The van der Waals surface area contributed by atoms with Gasteiger partial charge in [0.1, 0.15) is 0 Å². The molecular formula is C9H17NO. The zero-order valence-electron chi connectivity index (χ0n) is 7.52. The van der Waals surface area contributed by atoms with Crippen LogP contribution in [0.25, 0.3) is 0 Å². The minimum atomic E-state index is 0.385. The standard InChI is InChI=1S/C9H17NO/c1-9(2,3)5-7-4-8(7)6-10-11/h4,8,10-11H,5-6H2,1-3H3. The maximum Gasteiger partial charge on any atom is 0.0307 e. The number of nitrogens with one attached hydrogen (secondary N) is 1. The van der Waals surface area contributed by atoms with Crippen molar-refractivity contribution in [2.24, 2.45) is 11.3 Å². The summed E-state index contributed by atoms with van der Waals surface area (Å²) >= 11 is 0. The Labute approximate surface area is 68.3 Å². The molecule has 1 atom stereocenters. The number of hydroxylamine groups is 1. The van der Waals surface area contributed by atoms with Gasteiger partial charge in [0.2, 0.25) is 0 Å². The zero-order valence-corrected chi connectivity index (χ0v) is 7.52. The molecule has 0 spiro atoms. The van der Waals surface area contributed by atoms with Crippen LogP contribution in [0.4, 0.5) is 0 Å². The van der Waals surface area contributed by atoms with Crippen LogP contribution in [0.3, 0.4) is 0 Å². The maximum absolute atomic E-state index is 8.41. The van der Waals surface area contributed by atoms with Crippen LogP contribution < -0.4 is 5.48 Å². The molecule has 0 aromatic carbocycles. The Bertz CT molecular complexity index is 167. The second-order valence-corrected chi connectivity index (χ2v) is 4.45. The number of hydrogen-bond donors (Lipinski definition) is 2. The van der Waals surface area contributed by atoms with Crippen molar-refractivity contribution in [3.8, 4) is 0 Å². The molecule has 0 saturated carbocycles. The Morgan fingerprint density at radius 3 is 2.64 bits per heavy atom. The Balaban J connectivity index is 2.18. The molecule has 0 fully saturated rings. The summed E-state index contributed by atoms with van der Waals surface area (Å²) in [4.78, 5) is 0. The predicted octanol–water partition coefficient (Wildman–Crippen LogP) is 1.96. The smallest absolute Gasteiger partial charge is 0.0307 e. The summed E-state index contributed by atoms with van der Waals surface area (Å²) in [6, 6.07) is 0. The van der Waals surface area contributed by atoms with Gasteiger partial charge in [0.25, 0.3) is 0 Å². The van der Waals surface area contributed by atoms with E-state index in [4.69, 9.17) is 5.21 Å². The summed E-state index contributed by atoms with van der Waals surface area (Å²) in [5, 5.41) is 8.41. The lowest BCUT2D eigenvalue weighted by molar-refractivity contribution is 0.163. The maximum atomic E-state index is 8.41. The van der Waals surface area contributed by atoms with E-state index in [1.54, 1.807) is 0 Å². The molecular weight excluding hydrogens is 138 g/mol. The first-order chi connectivity index (χ1) is 5.03. The second kappa shape index (κ2) is 2.95. The van der Waals surface area contributed by atoms with Crippen molar-refractivity contribution < 1.29 is 5.21 Å². The lowest BCUT2D eigenvalue weighted by Crippen LogP contribution is -2.13. The molecule has 0 aromatic heterocycles. The molecule has 1 aliphatic rings. The average Bonchev–Trinajstić information content (AvgIpc) is 2.44. The van der Waals surface area contributed by atoms with Gasteiger partial charge in [-0.2, -0.15) is 0 Å². The molecule has 2 N–H and O–H groups in total. The molecule has 0 heterocycles. The number of rotatable bonds is 3. The molecule has 0 amide bonds. The van der Waals surface area contributed by atoms with Crippen LogP contribution in [0.2, 0.25) is 0 Å². The summed E-state index contributed by atoms with van der Waals surface area (Å²) in [6.07, 6.45) is 3.37. The van der Waals surface area contributed by atoms with E-state index in [0.717, 1.165) is 6.42 Å². The Morgan fingerprint density at radius 1 is 1.55 bits per heavy atom. The molecule has 1 aliphatic carbocycles. The van der Waals surface area contributed by atoms with Gasteiger partial charge < -0.3 is 5.21 Å². The molecule has 0 aromatic rings. The fraction of sp³-hybridized carbons (Fsp3) is 0.778. The molecule has 2 heteroatoms. The van der Waals surface area contributed by atoms with Crippen molar-refractivity contribution in [3.05, 3.63) is 11.6 Å². The van der Waals surface area contributed by atoms with Gasteiger partial charge in [0.15, 0.2) is 0 Å². The summed E-state index contributed by atoms with van der Waals surface area (Å²) in [7, 11) is 0. The van der Waals surface area contributed by atoms with Gasteiger partial charge in [-0.05, 0) is 11.8 Å². The van der Waals surface area contributed by atoms with Crippen LogP contribution in [0.15, 0.2) is 11.6 Å². The lowest BCUT2D eigenvalue weighted by Gasteiger charge is -2.16. The normalized spacial score (nSPS) is 23.3. The molecule has 0 saturated heterocycles. The van der Waals surface area contributed by atoms with Gasteiger partial charge in [-0.3, -0.25) is 0 Å². The fourth-order valence-electron chi connectivity index (χ4n) is 1.30. The number of hydrogen-bond acceptors (Lipinski definition) is 2. The van der Waals surface area contributed by atoms with Gasteiger partial charge in [-0.1, -0.05) is 32.4 Å². The van der Waals surface area contributed by atoms with Crippen LogP contribution in [-0.4, -0.2) is 11.8 Å². The van der Waals surface area contributed by atoms with Gasteiger partial charge in [-0.15, -0.1) is 0 Å². The highest BCUT2D eigenvalue weighted by atomic mass is 16.5. The van der Waals surface area contributed by atoms with E-state index in [-0.39, 0.29) is 0 Å². The van der Waals surface area contributed by atoms with Crippen LogP contribution in [0, 0.1) is 11.3 Å². The fourth-order valence-corrected chi connectivity index (χ4v) is 1.30. The summed E-state index contributed by atoms with van der Waals surface area (Å²) < 4.78 is 0. The van der Waals surface area contributed by atoms with E-state index < -0.39 is 0 Å². The van der Waals surface area contributed by atoms with Gasteiger partial charge in [-0.25, -0.2) is 5.48 Å². The van der Waals surface area contributed by atoms with Gasteiger partial charge >= 0.3 is 0 Å². The minimum absolute atomic E-state index is 0.385. The highest BCUT2D eigenvalue weighted by Gasteiger charge is 2.27. The quantitative estimate of drug-likeness (QED) is 0.482. The van der Waals surface area contributed by atoms with E-state index in [1.165, 1.54) is 5.57 Å². The van der Waals surface area contributed by atoms with Crippen molar-refractivity contribution >= 4 is 0 Å². The summed E-state index contributed by atoms with van der Waals surface area (Å²) in [5.74, 6) is 0.527. The molecule has 2 nitrogen and oxygen atoms in total. The molecule has 0 radical (unpaired) electrons. The molecule has 1 unspecified atom stereocenters. The molecule has 1 rings (SSSR count). The van der Waals surface area contributed by atoms with Crippen molar-refractivity contribution in [2.45, 2.75) is 27.2 Å². The van der Waals surface area contributed by atoms with Gasteiger partial charge in [0, 0.05) is 12.5 Å². The van der Waals surface area contributed by atoms with Crippen molar-refractivity contribution in [2.75, 3.05) is 6.54 Å². The summed E-state index contributed by atoms with van der Waals surface area (Å²) in [6.45, 7) is 7.38. The van der Waals surface area contributed by atoms with E-state index in [0.29, 0.717) is 17.9 Å². The first-order valence-corrected chi connectivity index (χ1v) is 4.10. The highest BCUT2D eigenvalue weighted by molar-refractivity contribution is 5.30. The minimum Gasteiger partial charge on any atom is -0.317 e. The zero-order chi connectivity index (χ0) is 8.48. The van der Waals surface area contributed by atoms with Gasteiger partial charge in [0.05, 0.1) is 0 Å². The molecule has 64 valence electrons. The first-order valence-electron chi connectivity index (χ1n) is 4.10. The second-order valence-electron chi connectivity index (χ2n) is 4.45. The van der Waals surface area contributed by atoms with Crippen LogP contribution in [-0.2, 0) is 0 Å². The monoisotopic (exact) mass is 155 g/mol. The Hall–Kier alpha value is -0.340. The van der Waals surface area contributed by atoms with Crippen LogP contribution >= 0.6 is 0 Å². The van der Waals surface area contributed by atoms with E-state index >= 15 is 0 Å². The average molecular weight is 155 g/mol. The van der Waals surface area contributed by atoms with E-state index in [9.17, 15) is 0 Å². The predicted molar refractivity (Wildman–Crippen MR) is 45.4 cm³/mol. The molecule has 0 aliphatic heterocycles. The van der Waals surface area contributed by atoms with Crippen molar-refractivity contribution in [1.82, 2.24) is 5.48 Å². The molecule has 11 heavy (non-hydrogen) atoms. The third-order valence-electron chi connectivity index (χ3n) is 1.83. The van der Waals surface area contributed by atoms with E-state index in [2.05, 4.69) is 32.3 Å². The lowest BCUT2D eigenvalue weighted by atomic mass is 9.90. The first kappa shape index (κ1) is 8.75. The topological polar surface area (TPSA) is 32.3 Å².